The fraction of sp³-hybridized carbons (Fsp3) is 0.350. The Labute approximate surface area is 158 Å². The van der Waals surface area contributed by atoms with Crippen LogP contribution < -0.4 is 5.32 Å². The van der Waals surface area contributed by atoms with Crippen molar-refractivity contribution < 1.29 is 17.0 Å². The number of halogens is 1. The first-order valence-electron chi connectivity index (χ1n) is 8.74. The summed E-state index contributed by atoms with van der Waals surface area (Å²) in [5.41, 5.74) is 1.89. The molecule has 2 aromatic rings. The molecule has 1 heterocycles. The van der Waals surface area contributed by atoms with Crippen LogP contribution in [0.15, 0.2) is 48.5 Å². The maximum absolute atomic E-state index is 13.9. The second kappa shape index (κ2) is 8.17. The predicted octanol–water partition coefficient (Wildman–Crippen LogP) is 2.93. The topological polar surface area (TPSA) is 79.2 Å². The average Bonchev–Trinajstić information content (AvgIpc) is 3.15. The molecule has 0 bridgehead atoms. The first-order chi connectivity index (χ1) is 12.9. The zero-order chi connectivity index (χ0) is 19.4. The molecule has 0 aliphatic carbocycles. The third-order valence-electron chi connectivity index (χ3n) is 4.72. The van der Waals surface area contributed by atoms with Crippen LogP contribution in [0, 0.1) is 17.1 Å². The van der Waals surface area contributed by atoms with Crippen molar-refractivity contribution >= 4 is 10.1 Å². The quantitative estimate of drug-likeness (QED) is 0.770. The molecule has 142 valence electrons. The molecule has 0 spiro atoms. The van der Waals surface area contributed by atoms with Crippen LogP contribution in [0.5, 0.6) is 0 Å². The van der Waals surface area contributed by atoms with Gasteiger partial charge in [0.2, 0.25) is 0 Å². The van der Waals surface area contributed by atoms with Crippen LogP contribution in [0.3, 0.4) is 0 Å². The summed E-state index contributed by atoms with van der Waals surface area (Å²) in [6.45, 7) is 0.775. The number of hydrogen-bond donors (Lipinski definition) is 1. The van der Waals surface area contributed by atoms with Crippen LogP contribution in [-0.4, -0.2) is 33.4 Å². The van der Waals surface area contributed by atoms with Gasteiger partial charge in [-0.15, -0.1) is 0 Å². The molecule has 0 saturated carbocycles. The lowest BCUT2D eigenvalue weighted by Crippen LogP contribution is -2.42. The van der Waals surface area contributed by atoms with E-state index < -0.39 is 28.0 Å². The molecule has 3 rings (SSSR count). The summed E-state index contributed by atoms with van der Waals surface area (Å²) in [4.78, 5) is 0. The number of nitriles is 1. The van der Waals surface area contributed by atoms with Crippen molar-refractivity contribution in [3.8, 4) is 6.07 Å². The number of rotatable bonds is 6. The van der Waals surface area contributed by atoms with Crippen molar-refractivity contribution in [2.24, 2.45) is 0 Å². The minimum Gasteiger partial charge on any atom is -0.311 e. The molecule has 1 fully saturated rings. The van der Waals surface area contributed by atoms with Crippen LogP contribution >= 0.6 is 0 Å². The van der Waals surface area contributed by atoms with Crippen LogP contribution in [0.1, 0.15) is 35.4 Å². The van der Waals surface area contributed by atoms with Crippen LogP contribution in [0.4, 0.5) is 4.39 Å². The predicted molar refractivity (Wildman–Crippen MR) is 100 cm³/mol. The van der Waals surface area contributed by atoms with Gasteiger partial charge in [-0.2, -0.15) is 13.7 Å². The van der Waals surface area contributed by atoms with Gasteiger partial charge >= 0.3 is 0 Å². The summed E-state index contributed by atoms with van der Waals surface area (Å²) >= 11 is 0. The second-order valence-corrected chi connectivity index (χ2v) is 8.33. The van der Waals surface area contributed by atoms with E-state index in [-0.39, 0.29) is 6.04 Å². The van der Waals surface area contributed by atoms with Crippen LogP contribution in [0.25, 0.3) is 0 Å². The largest absolute Gasteiger partial charge is 0.311 e. The van der Waals surface area contributed by atoms with Crippen LogP contribution in [-0.2, 0) is 14.3 Å². The monoisotopic (exact) mass is 388 g/mol. The molecule has 0 aromatic heterocycles. The lowest BCUT2D eigenvalue weighted by atomic mass is 9.83. The van der Waals surface area contributed by atoms with Crippen molar-refractivity contribution in [2.45, 2.75) is 30.9 Å². The second-order valence-electron chi connectivity index (χ2n) is 6.73. The molecule has 7 heteroatoms. The minimum absolute atomic E-state index is 0.177. The summed E-state index contributed by atoms with van der Waals surface area (Å²) < 4.78 is 43.4. The highest BCUT2D eigenvalue weighted by molar-refractivity contribution is 7.86. The number of hydrogen-bond acceptors (Lipinski definition) is 5. The molecule has 27 heavy (non-hydrogen) atoms. The Bertz CT molecular complexity index is 932. The molecular formula is C20H21FN2O3S. The van der Waals surface area contributed by atoms with Crippen LogP contribution in [0.2, 0.25) is 0 Å². The van der Waals surface area contributed by atoms with E-state index in [4.69, 9.17) is 9.44 Å². The van der Waals surface area contributed by atoms with E-state index in [1.807, 2.05) is 0 Å². The maximum Gasteiger partial charge on any atom is 0.264 e. The van der Waals surface area contributed by atoms with E-state index in [1.54, 1.807) is 36.4 Å². The van der Waals surface area contributed by atoms with Gasteiger partial charge < -0.3 is 5.32 Å². The van der Waals surface area contributed by atoms with Crippen molar-refractivity contribution in [3.05, 3.63) is 71.0 Å². The highest BCUT2D eigenvalue weighted by Crippen LogP contribution is 2.35. The maximum atomic E-state index is 13.9. The molecule has 5 nitrogen and oxygen atoms in total. The smallest absolute Gasteiger partial charge is 0.264 e. The minimum atomic E-state index is -3.73. The Morgan fingerprint density at radius 3 is 2.52 bits per heavy atom. The SMILES string of the molecule is CS(=O)(=O)OC(C1CCCN1)C(c1ccc(C#N)cc1)c1cccc(F)c1. The Balaban J connectivity index is 2.11. The van der Waals surface area contributed by atoms with E-state index in [0.29, 0.717) is 11.1 Å². The number of benzene rings is 2. The Kier molecular flexibility index (Phi) is 5.90. The fourth-order valence-corrected chi connectivity index (χ4v) is 4.23. The third-order valence-corrected chi connectivity index (χ3v) is 5.29. The van der Waals surface area contributed by atoms with Gasteiger partial charge in [-0.25, -0.2) is 4.39 Å². The molecule has 0 radical (unpaired) electrons. The summed E-state index contributed by atoms with van der Waals surface area (Å²) in [5, 5.41) is 12.3. The van der Waals surface area contributed by atoms with Gasteiger partial charge in [0.25, 0.3) is 10.1 Å². The van der Waals surface area contributed by atoms with Gasteiger partial charge in [0.15, 0.2) is 0 Å². The average molecular weight is 388 g/mol. The third kappa shape index (κ3) is 4.92. The molecule has 1 aliphatic rings. The summed E-state index contributed by atoms with van der Waals surface area (Å²) in [6.07, 6.45) is 1.98. The van der Waals surface area contributed by atoms with E-state index >= 15 is 0 Å². The van der Waals surface area contributed by atoms with Crippen molar-refractivity contribution in [3.63, 3.8) is 0 Å². The Hall–Kier alpha value is -2.27. The molecular weight excluding hydrogens is 367 g/mol. The molecule has 2 aromatic carbocycles. The van der Waals surface area contributed by atoms with Crippen molar-refractivity contribution in [1.82, 2.24) is 5.32 Å². The first-order valence-corrected chi connectivity index (χ1v) is 10.6. The van der Waals surface area contributed by atoms with Gasteiger partial charge in [-0.1, -0.05) is 24.3 Å². The molecule has 3 unspecified atom stereocenters. The summed E-state index contributed by atoms with van der Waals surface area (Å²) in [5.74, 6) is -0.901. The van der Waals surface area contributed by atoms with E-state index in [2.05, 4.69) is 11.4 Å². The van der Waals surface area contributed by atoms with E-state index in [0.717, 1.165) is 31.2 Å². The summed E-state index contributed by atoms with van der Waals surface area (Å²) in [6, 6.07) is 14.9. The Morgan fingerprint density at radius 2 is 1.96 bits per heavy atom. The molecule has 1 N–H and O–H groups in total. The molecule has 1 saturated heterocycles. The van der Waals surface area contributed by atoms with Crippen molar-refractivity contribution in [1.29, 1.82) is 5.26 Å². The highest BCUT2D eigenvalue weighted by atomic mass is 32.2. The Morgan fingerprint density at radius 1 is 1.22 bits per heavy atom. The number of nitrogens with one attached hydrogen (secondary N) is 1. The molecule has 1 aliphatic heterocycles. The van der Waals surface area contributed by atoms with Gasteiger partial charge in [-0.3, -0.25) is 4.18 Å². The lowest BCUT2D eigenvalue weighted by Gasteiger charge is -2.31. The fourth-order valence-electron chi connectivity index (χ4n) is 3.59. The zero-order valence-corrected chi connectivity index (χ0v) is 15.7. The summed E-state index contributed by atoms with van der Waals surface area (Å²) in [7, 11) is -3.73. The first kappa shape index (κ1) is 19.5. The lowest BCUT2D eigenvalue weighted by molar-refractivity contribution is 0.153. The molecule has 3 atom stereocenters. The van der Waals surface area contributed by atoms with E-state index in [9.17, 15) is 12.8 Å². The standard InChI is InChI=1S/C20H21FN2O3S/c1-27(24,25)26-20(18-6-3-11-23-18)19(16-4-2-5-17(21)12-16)15-9-7-14(13-22)8-10-15/h2,4-5,7-10,12,18-20,23H,3,6,11H2,1H3. The zero-order valence-electron chi connectivity index (χ0n) is 14.9. The normalized spacial score (nSPS) is 19.4. The van der Waals surface area contributed by atoms with Gasteiger partial charge in [0, 0.05) is 12.0 Å². The van der Waals surface area contributed by atoms with Gasteiger partial charge in [0.1, 0.15) is 11.9 Å². The van der Waals surface area contributed by atoms with Gasteiger partial charge in [-0.05, 0) is 54.8 Å². The highest BCUT2D eigenvalue weighted by Gasteiger charge is 2.37. The van der Waals surface area contributed by atoms with E-state index in [1.165, 1.54) is 12.1 Å². The number of nitrogens with zero attached hydrogens (tertiary/aromatic N) is 1. The molecule has 0 amide bonds. The van der Waals surface area contributed by atoms with Gasteiger partial charge in [0.05, 0.1) is 17.9 Å². The van der Waals surface area contributed by atoms with Crippen molar-refractivity contribution in [2.75, 3.05) is 12.8 Å².